The molecule has 3 heterocycles. The number of fused-ring (bicyclic) bond motifs is 1. The van der Waals surface area contributed by atoms with Crippen molar-refractivity contribution in [2.75, 3.05) is 0 Å². The number of nitrogens with zero attached hydrogens (tertiary/aromatic N) is 3. The van der Waals surface area contributed by atoms with Gasteiger partial charge in [0.1, 0.15) is 20.2 Å². The number of hydrogen-bond donors (Lipinski definition) is 1. The average molecular weight is 443 g/mol. The van der Waals surface area contributed by atoms with E-state index in [4.69, 9.17) is 12.3 Å². The van der Waals surface area contributed by atoms with Gasteiger partial charge in [-0.05, 0) is 47.0 Å². The van der Waals surface area contributed by atoms with Crippen LogP contribution in [0.1, 0.15) is 28.5 Å². The maximum atomic E-state index is 13.2. The summed E-state index contributed by atoms with van der Waals surface area (Å²) in [7, 11) is 2.10. The fourth-order valence-electron chi connectivity index (χ4n) is 3.77. The van der Waals surface area contributed by atoms with E-state index in [9.17, 15) is 13.5 Å². The van der Waals surface area contributed by atoms with Crippen LogP contribution in [-0.4, -0.2) is 35.6 Å². The van der Waals surface area contributed by atoms with Gasteiger partial charge in [0.25, 0.3) is 0 Å². The molecule has 1 aliphatic heterocycles. The predicted molar refractivity (Wildman–Crippen MR) is 119 cm³/mol. The Hall–Kier alpha value is -3.27. The fourth-order valence-corrected chi connectivity index (χ4v) is 5.17. The van der Waals surface area contributed by atoms with Crippen molar-refractivity contribution in [2.24, 2.45) is 0 Å². The number of pyridine rings is 1. The van der Waals surface area contributed by atoms with Crippen LogP contribution in [0.3, 0.4) is 0 Å². The van der Waals surface area contributed by atoms with Crippen molar-refractivity contribution in [1.29, 1.82) is 0 Å². The van der Waals surface area contributed by atoms with Gasteiger partial charge in [-0.2, -0.15) is 4.31 Å². The molecule has 0 saturated heterocycles. The zero-order valence-electron chi connectivity index (χ0n) is 16.9. The number of aliphatic hydroxyl groups is 1. The fraction of sp³-hybridized carbons (Fsp3) is 0.130. The zero-order chi connectivity index (χ0) is 22.3. The molecule has 0 bridgehead atoms. The van der Waals surface area contributed by atoms with Gasteiger partial charge >= 0.3 is 0 Å². The molecule has 32 heavy (non-hydrogen) atoms. The first-order chi connectivity index (χ1) is 15.4. The molecule has 4 aromatic rings. The molecule has 0 amide bonds. The van der Waals surface area contributed by atoms with Gasteiger partial charge in [0.15, 0.2) is 0 Å². The highest BCUT2D eigenvalue weighted by Gasteiger charge is 2.31. The Bertz CT molecular complexity index is 1370. The van der Waals surface area contributed by atoms with E-state index in [1.807, 2.05) is 0 Å². The van der Waals surface area contributed by atoms with Crippen molar-refractivity contribution in [1.82, 2.24) is 14.3 Å². The molecule has 0 aliphatic carbocycles. The van der Waals surface area contributed by atoms with E-state index in [0.29, 0.717) is 28.2 Å². The lowest BCUT2D eigenvalue weighted by Gasteiger charge is -2.15. The molecule has 0 saturated carbocycles. The van der Waals surface area contributed by atoms with E-state index < -0.39 is 16.1 Å². The zero-order valence-corrected chi connectivity index (χ0v) is 17.7. The Morgan fingerprint density at radius 3 is 2.53 bits per heavy atom. The highest BCUT2D eigenvalue weighted by molar-refractivity contribution is 7.89. The lowest BCUT2D eigenvalue weighted by Crippen LogP contribution is -2.25. The van der Waals surface area contributed by atoms with E-state index in [1.165, 1.54) is 16.8 Å². The topological polar surface area (TPSA) is 96.5 Å². The molecule has 9 heteroatoms. The molecule has 1 unspecified atom stereocenters. The molecule has 5 rings (SSSR count). The number of aliphatic hydroxyl groups excluding tert-OH is 1. The minimum atomic E-state index is -3.71. The number of rotatable bonds is 5. The Morgan fingerprint density at radius 2 is 1.81 bits per heavy atom. The second kappa shape index (κ2) is 8.01. The first-order valence-electron chi connectivity index (χ1n) is 9.93. The highest BCUT2D eigenvalue weighted by atomic mass is 32.2. The van der Waals surface area contributed by atoms with Crippen LogP contribution in [0.4, 0.5) is 0 Å². The van der Waals surface area contributed by atoms with Gasteiger partial charge in [-0.25, -0.2) is 13.4 Å². The van der Waals surface area contributed by atoms with Gasteiger partial charge in [0.2, 0.25) is 15.9 Å². The largest absolute Gasteiger partial charge is 0.445 e. The number of benzene rings is 2. The maximum absolute atomic E-state index is 13.2. The first kappa shape index (κ1) is 20.6. The Balaban J connectivity index is 1.37. The predicted octanol–water partition coefficient (Wildman–Crippen LogP) is 2.32. The van der Waals surface area contributed by atoms with Crippen LogP contribution < -0.4 is 5.46 Å². The van der Waals surface area contributed by atoms with E-state index in [-0.39, 0.29) is 18.0 Å². The number of oxazole rings is 1. The van der Waals surface area contributed by atoms with Crippen LogP contribution in [-0.2, 0) is 23.1 Å². The van der Waals surface area contributed by atoms with Crippen molar-refractivity contribution in [3.05, 3.63) is 95.6 Å². The van der Waals surface area contributed by atoms with Gasteiger partial charge in [-0.3, -0.25) is 4.98 Å². The summed E-state index contributed by atoms with van der Waals surface area (Å²) in [6, 6.07) is 15.2. The number of hydrogen-bond acceptors (Lipinski definition) is 6. The third-order valence-corrected chi connectivity index (χ3v) is 7.28. The standard InChI is InChI=1S/C23H18BN3O4S/c24-19-3-1-2-16(10-19)22(28)21-11-17-13-27(14-18(17)12-26-21)32(29,30)20-6-4-15(5-7-20)23-25-8-9-31-23/h1-12,22,28H,13-14H2. The molecule has 0 fully saturated rings. The van der Waals surface area contributed by atoms with Gasteiger partial charge < -0.3 is 9.52 Å². The maximum Gasteiger partial charge on any atom is 0.243 e. The Kier molecular flexibility index (Phi) is 5.17. The minimum absolute atomic E-state index is 0.189. The van der Waals surface area contributed by atoms with E-state index >= 15 is 0 Å². The van der Waals surface area contributed by atoms with Crippen LogP contribution in [0.25, 0.3) is 11.5 Å². The quantitative estimate of drug-likeness (QED) is 0.476. The molecule has 0 spiro atoms. The normalized spacial score (nSPS) is 14.9. The van der Waals surface area contributed by atoms with E-state index in [1.54, 1.807) is 60.8 Å². The summed E-state index contributed by atoms with van der Waals surface area (Å²) in [6.07, 6.45) is 3.68. The van der Waals surface area contributed by atoms with Crippen molar-refractivity contribution < 1.29 is 17.9 Å². The molecular formula is C23H18BN3O4S. The van der Waals surface area contributed by atoms with Crippen LogP contribution in [0, 0.1) is 0 Å². The lowest BCUT2D eigenvalue weighted by molar-refractivity contribution is 0.215. The molecule has 2 aromatic heterocycles. The smallest absolute Gasteiger partial charge is 0.243 e. The molecule has 1 atom stereocenters. The first-order valence-corrected chi connectivity index (χ1v) is 11.4. The van der Waals surface area contributed by atoms with Gasteiger partial charge in [0.05, 0.1) is 16.8 Å². The molecule has 158 valence electrons. The summed E-state index contributed by atoms with van der Waals surface area (Å²) in [6.45, 7) is 0.430. The molecule has 1 N–H and O–H groups in total. The molecule has 7 nitrogen and oxygen atoms in total. The van der Waals surface area contributed by atoms with E-state index in [2.05, 4.69) is 9.97 Å². The van der Waals surface area contributed by atoms with Crippen LogP contribution >= 0.6 is 0 Å². The van der Waals surface area contributed by atoms with Crippen molar-refractivity contribution in [3.8, 4) is 11.5 Å². The second-order valence-electron chi connectivity index (χ2n) is 7.59. The Morgan fingerprint density at radius 1 is 1.03 bits per heavy atom. The summed E-state index contributed by atoms with van der Waals surface area (Å²) in [5, 5.41) is 10.7. The molecular weight excluding hydrogens is 425 g/mol. The minimum Gasteiger partial charge on any atom is -0.445 e. The monoisotopic (exact) mass is 443 g/mol. The van der Waals surface area contributed by atoms with Gasteiger partial charge in [-0.1, -0.05) is 29.7 Å². The van der Waals surface area contributed by atoms with Gasteiger partial charge in [-0.15, -0.1) is 0 Å². The molecule has 1 aliphatic rings. The average Bonchev–Trinajstić information content (AvgIpc) is 3.48. The Labute approximate surface area is 186 Å². The van der Waals surface area contributed by atoms with Crippen molar-refractivity contribution in [2.45, 2.75) is 24.1 Å². The lowest BCUT2D eigenvalue weighted by atomic mass is 9.92. The summed E-state index contributed by atoms with van der Waals surface area (Å²) in [5.41, 5.74) is 3.96. The number of sulfonamides is 1. The van der Waals surface area contributed by atoms with Gasteiger partial charge in [0, 0.05) is 24.8 Å². The van der Waals surface area contributed by atoms with E-state index in [0.717, 1.165) is 11.1 Å². The second-order valence-corrected chi connectivity index (χ2v) is 9.52. The summed E-state index contributed by atoms with van der Waals surface area (Å²) >= 11 is 0. The third kappa shape index (κ3) is 3.75. The SMILES string of the molecule is [B]c1cccc(C(O)c2cc3c(cn2)CN(S(=O)(=O)c2ccc(-c4ncco4)cc2)C3)c1. The number of aromatic nitrogens is 2. The highest BCUT2D eigenvalue weighted by Crippen LogP contribution is 2.31. The van der Waals surface area contributed by atoms with Crippen LogP contribution in [0.2, 0.25) is 0 Å². The van der Waals surface area contributed by atoms with Crippen LogP contribution in [0.5, 0.6) is 0 Å². The van der Waals surface area contributed by atoms with Crippen molar-refractivity contribution >= 4 is 23.3 Å². The summed E-state index contributed by atoms with van der Waals surface area (Å²) in [5.74, 6) is 0.430. The summed E-state index contributed by atoms with van der Waals surface area (Å²) < 4.78 is 33.0. The van der Waals surface area contributed by atoms with Crippen molar-refractivity contribution in [3.63, 3.8) is 0 Å². The third-order valence-electron chi connectivity index (χ3n) is 5.48. The molecule has 2 aromatic carbocycles. The molecule has 2 radical (unpaired) electrons. The van der Waals surface area contributed by atoms with Crippen LogP contribution in [0.15, 0.2) is 82.6 Å². The summed E-state index contributed by atoms with van der Waals surface area (Å²) in [4.78, 5) is 8.62.